The molecule has 19 heavy (non-hydrogen) atoms. The van der Waals surface area contributed by atoms with Crippen molar-refractivity contribution in [2.45, 2.75) is 26.3 Å². The van der Waals surface area contributed by atoms with E-state index in [1.54, 1.807) is 0 Å². The number of aromatic nitrogens is 3. The second-order valence-corrected chi connectivity index (χ2v) is 5.65. The van der Waals surface area contributed by atoms with Gasteiger partial charge in [0, 0.05) is 18.8 Å². The van der Waals surface area contributed by atoms with Crippen molar-refractivity contribution in [2.24, 2.45) is 5.92 Å². The molecule has 3 heterocycles. The topological polar surface area (TPSA) is 60.0 Å². The van der Waals surface area contributed by atoms with Crippen molar-refractivity contribution >= 4 is 17.1 Å². The molecule has 0 saturated carbocycles. The molecule has 0 radical (unpaired) electrons. The van der Waals surface area contributed by atoms with Gasteiger partial charge in [-0.3, -0.25) is 4.57 Å². The predicted octanol–water partition coefficient (Wildman–Crippen LogP) is 1.66. The Morgan fingerprint density at radius 3 is 3.00 bits per heavy atom. The summed E-state index contributed by atoms with van der Waals surface area (Å²) in [6.07, 6.45) is 2.52. The second kappa shape index (κ2) is 4.81. The van der Waals surface area contributed by atoms with Gasteiger partial charge in [0.2, 0.25) is 5.95 Å². The van der Waals surface area contributed by atoms with Gasteiger partial charge in [-0.1, -0.05) is 0 Å². The van der Waals surface area contributed by atoms with Crippen LogP contribution < -0.4 is 5.73 Å². The Kier molecular flexibility index (Phi) is 3.14. The van der Waals surface area contributed by atoms with E-state index >= 15 is 0 Å². The third-order valence-electron chi connectivity index (χ3n) is 3.92. The van der Waals surface area contributed by atoms with Gasteiger partial charge in [-0.2, -0.15) is 0 Å². The number of fused-ring (bicyclic) bond motifs is 1. The summed E-state index contributed by atoms with van der Waals surface area (Å²) in [6, 6.07) is 3.98. The van der Waals surface area contributed by atoms with E-state index in [-0.39, 0.29) is 0 Å². The molecule has 5 heteroatoms. The normalized spacial score (nSPS) is 21.1. The van der Waals surface area contributed by atoms with Crippen molar-refractivity contribution in [3.63, 3.8) is 0 Å². The van der Waals surface area contributed by atoms with Crippen molar-refractivity contribution in [3.8, 4) is 0 Å². The summed E-state index contributed by atoms with van der Waals surface area (Å²) in [5.74, 6) is 1.22. The zero-order chi connectivity index (χ0) is 13.4. The fraction of sp³-hybridized carbons (Fsp3) is 0.571. The minimum absolute atomic E-state index is 0.585. The Morgan fingerprint density at radius 1 is 1.37 bits per heavy atom. The highest BCUT2D eigenvalue weighted by molar-refractivity contribution is 5.74. The lowest BCUT2D eigenvalue weighted by Gasteiger charge is -2.30. The average Bonchev–Trinajstić information content (AvgIpc) is 2.66. The fourth-order valence-electron chi connectivity index (χ4n) is 2.97. The van der Waals surface area contributed by atoms with Gasteiger partial charge in [-0.15, -0.1) is 0 Å². The molecule has 0 bridgehead atoms. The van der Waals surface area contributed by atoms with Crippen LogP contribution in [0.25, 0.3) is 11.2 Å². The molecule has 0 spiro atoms. The zero-order valence-corrected chi connectivity index (χ0v) is 11.6. The first-order valence-electron chi connectivity index (χ1n) is 6.91. The Bertz CT molecular complexity index is 589. The van der Waals surface area contributed by atoms with E-state index in [0.29, 0.717) is 11.9 Å². The minimum atomic E-state index is 0.585. The number of anilines is 1. The van der Waals surface area contributed by atoms with Gasteiger partial charge < -0.3 is 10.6 Å². The van der Waals surface area contributed by atoms with Crippen LogP contribution in [-0.4, -0.2) is 39.6 Å². The number of hydrogen-bond donors (Lipinski definition) is 1. The van der Waals surface area contributed by atoms with Crippen LogP contribution in [-0.2, 0) is 6.54 Å². The van der Waals surface area contributed by atoms with Gasteiger partial charge in [0.1, 0.15) is 5.52 Å². The lowest BCUT2D eigenvalue weighted by atomic mass is 9.98. The van der Waals surface area contributed by atoms with E-state index in [9.17, 15) is 0 Å². The Hall–Kier alpha value is -1.62. The van der Waals surface area contributed by atoms with E-state index in [2.05, 4.69) is 26.5 Å². The summed E-state index contributed by atoms with van der Waals surface area (Å²) in [6.45, 7) is 5.25. The van der Waals surface area contributed by atoms with Gasteiger partial charge in [0.25, 0.3) is 0 Å². The highest BCUT2D eigenvalue weighted by Gasteiger charge is 2.20. The van der Waals surface area contributed by atoms with Gasteiger partial charge in [-0.25, -0.2) is 9.97 Å². The van der Waals surface area contributed by atoms with Gasteiger partial charge in [0.05, 0.1) is 0 Å². The van der Waals surface area contributed by atoms with Gasteiger partial charge in [-0.05, 0) is 51.4 Å². The van der Waals surface area contributed by atoms with E-state index in [1.807, 2.05) is 19.1 Å². The lowest BCUT2D eigenvalue weighted by molar-refractivity contribution is 0.196. The molecule has 1 saturated heterocycles. The predicted molar refractivity (Wildman–Crippen MR) is 76.9 cm³/mol. The Morgan fingerprint density at radius 2 is 2.21 bits per heavy atom. The number of nitrogens with two attached hydrogens (primary N) is 1. The SMILES string of the molecule is Cc1ccc2nc(N)n(CC3CCCN(C)C3)c2n1. The van der Waals surface area contributed by atoms with Crippen LogP contribution in [0.3, 0.4) is 0 Å². The molecule has 2 aromatic rings. The molecule has 3 rings (SSSR count). The van der Waals surface area contributed by atoms with Crippen LogP contribution in [0.1, 0.15) is 18.5 Å². The van der Waals surface area contributed by atoms with Crippen LogP contribution in [0.4, 0.5) is 5.95 Å². The molecule has 1 fully saturated rings. The molecule has 0 amide bonds. The number of pyridine rings is 1. The number of nitrogen functional groups attached to an aromatic ring is 1. The summed E-state index contributed by atoms with van der Waals surface area (Å²) in [7, 11) is 2.18. The monoisotopic (exact) mass is 259 g/mol. The van der Waals surface area contributed by atoms with E-state index in [1.165, 1.54) is 19.4 Å². The van der Waals surface area contributed by atoms with Crippen molar-refractivity contribution in [2.75, 3.05) is 25.9 Å². The third-order valence-corrected chi connectivity index (χ3v) is 3.92. The van der Waals surface area contributed by atoms with E-state index in [4.69, 9.17) is 5.73 Å². The standard InChI is InChI=1S/C14H21N5/c1-10-5-6-12-13(16-10)19(14(15)17-12)9-11-4-3-7-18(2)8-11/h5-6,11H,3-4,7-9H2,1-2H3,(H2,15,17). The summed E-state index contributed by atoms with van der Waals surface area (Å²) in [4.78, 5) is 11.4. The Balaban J connectivity index is 1.91. The van der Waals surface area contributed by atoms with Crippen molar-refractivity contribution in [3.05, 3.63) is 17.8 Å². The summed E-state index contributed by atoms with van der Waals surface area (Å²) in [5, 5.41) is 0. The number of aryl methyl sites for hydroxylation is 1. The second-order valence-electron chi connectivity index (χ2n) is 5.65. The molecule has 2 aromatic heterocycles. The minimum Gasteiger partial charge on any atom is -0.369 e. The summed E-state index contributed by atoms with van der Waals surface area (Å²) < 4.78 is 2.08. The van der Waals surface area contributed by atoms with Crippen molar-refractivity contribution in [1.82, 2.24) is 19.4 Å². The van der Waals surface area contributed by atoms with Crippen LogP contribution in [0.15, 0.2) is 12.1 Å². The first kappa shape index (κ1) is 12.4. The third kappa shape index (κ3) is 2.42. The number of likely N-dealkylation sites (tertiary alicyclic amines) is 1. The number of imidazole rings is 1. The molecule has 1 aliphatic rings. The van der Waals surface area contributed by atoms with Gasteiger partial charge in [0.15, 0.2) is 5.65 Å². The number of nitrogens with zero attached hydrogens (tertiary/aromatic N) is 4. The van der Waals surface area contributed by atoms with Crippen LogP contribution in [0.2, 0.25) is 0 Å². The number of piperidine rings is 1. The summed E-state index contributed by atoms with van der Waals surface area (Å²) >= 11 is 0. The van der Waals surface area contributed by atoms with Gasteiger partial charge >= 0.3 is 0 Å². The summed E-state index contributed by atoms with van der Waals surface area (Å²) in [5.41, 5.74) is 8.88. The molecular formula is C14H21N5. The first-order valence-corrected chi connectivity index (χ1v) is 6.91. The molecule has 0 aliphatic carbocycles. The van der Waals surface area contributed by atoms with Crippen LogP contribution in [0.5, 0.6) is 0 Å². The van der Waals surface area contributed by atoms with Crippen LogP contribution >= 0.6 is 0 Å². The fourth-order valence-corrected chi connectivity index (χ4v) is 2.97. The average molecular weight is 259 g/mol. The van der Waals surface area contributed by atoms with Crippen molar-refractivity contribution < 1.29 is 0 Å². The quantitative estimate of drug-likeness (QED) is 0.891. The van der Waals surface area contributed by atoms with E-state index < -0.39 is 0 Å². The molecule has 102 valence electrons. The smallest absolute Gasteiger partial charge is 0.202 e. The first-order chi connectivity index (χ1) is 9.13. The largest absolute Gasteiger partial charge is 0.369 e. The zero-order valence-electron chi connectivity index (χ0n) is 11.6. The molecule has 1 atom stereocenters. The molecule has 0 aromatic carbocycles. The maximum atomic E-state index is 6.05. The molecule has 1 aliphatic heterocycles. The van der Waals surface area contributed by atoms with Crippen LogP contribution in [0, 0.1) is 12.8 Å². The van der Waals surface area contributed by atoms with Crippen molar-refractivity contribution in [1.29, 1.82) is 0 Å². The molecular weight excluding hydrogens is 238 g/mol. The molecule has 5 nitrogen and oxygen atoms in total. The maximum Gasteiger partial charge on any atom is 0.202 e. The molecule has 2 N–H and O–H groups in total. The lowest BCUT2D eigenvalue weighted by Crippen LogP contribution is -2.34. The molecule has 1 unspecified atom stereocenters. The number of rotatable bonds is 2. The van der Waals surface area contributed by atoms with E-state index in [0.717, 1.165) is 29.9 Å². The highest BCUT2D eigenvalue weighted by Crippen LogP contribution is 2.22. The number of hydrogen-bond acceptors (Lipinski definition) is 4. The maximum absolute atomic E-state index is 6.05. The highest BCUT2D eigenvalue weighted by atomic mass is 15.2. The Labute approximate surface area is 113 Å².